The van der Waals surface area contributed by atoms with Crippen LogP contribution < -0.4 is 0 Å². The lowest BCUT2D eigenvalue weighted by Crippen LogP contribution is -2.55. The monoisotopic (exact) mass is 629 g/mol. The number of benzene rings is 1. The summed E-state index contributed by atoms with van der Waals surface area (Å²) in [6, 6.07) is 12.0. The van der Waals surface area contributed by atoms with Crippen molar-refractivity contribution in [2.75, 3.05) is 0 Å². The second-order valence-corrected chi connectivity index (χ2v) is 17.0. The largest absolute Gasteiger partial charge is 0.460 e. The standard InChI is InChI=1S/C41H59NO4/c1-12-19-36(3,4)21-23-39(9,35(45)46-28-30-16-14-13-15-17-30)24-22-37(5,6)41(11)20-18-32-38(7,8)34(44)31(27-42)26-40(32,10)33(41)25-29(2)43/h13-17,25-26,32H,12,18-24,28H2,1-11H3/b33-25-/t32-,39-,40-,41+/m0/s1. The second kappa shape index (κ2) is 13.6. The Morgan fingerprint density at radius 1 is 0.978 bits per heavy atom. The number of Topliss-reactive ketones (excluding diaryl/α,β-unsaturated/α-hetero) is 1. The number of nitrogens with zero attached hydrogens (tertiary/aromatic N) is 1. The fourth-order valence-electron chi connectivity index (χ4n) is 8.62. The second-order valence-electron chi connectivity index (χ2n) is 17.0. The lowest BCUT2D eigenvalue weighted by molar-refractivity contribution is -0.158. The third-order valence-electron chi connectivity index (χ3n) is 12.2. The van der Waals surface area contributed by atoms with Crippen molar-refractivity contribution in [3.63, 3.8) is 0 Å². The highest BCUT2D eigenvalue weighted by atomic mass is 16.5. The average Bonchev–Trinajstić information content (AvgIpc) is 2.98. The fourth-order valence-corrected chi connectivity index (χ4v) is 8.62. The van der Waals surface area contributed by atoms with E-state index in [0.29, 0.717) is 6.42 Å². The van der Waals surface area contributed by atoms with Crippen molar-refractivity contribution in [1.29, 1.82) is 5.26 Å². The number of allylic oxidation sites excluding steroid dienone is 4. The number of ketones is 2. The minimum Gasteiger partial charge on any atom is -0.460 e. The SMILES string of the molecule is CCCC(C)(C)CC[C@@](C)(CCC(C)(C)[C@]1(C)CC[C@H]2C(C)(C)C(=O)C(C#N)=C[C@]2(C)/C1=C/C(C)=O)C(=O)OCc1ccccc1. The zero-order valence-electron chi connectivity index (χ0n) is 30.6. The Kier molecular flexibility index (Phi) is 11.1. The first-order chi connectivity index (χ1) is 21.2. The van der Waals surface area contributed by atoms with Crippen molar-refractivity contribution in [3.8, 4) is 6.07 Å². The van der Waals surface area contributed by atoms with Crippen LogP contribution in [0.25, 0.3) is 0 Å². The van der Waals surface area contributed by atoms with Gasteiger partial charge >= 0.3 is 5.97 Å². The number of carbonyl (C=O) groups is 3. The third kappa shape index (κ3) is 7.42. The molecule has 3 rings (SSSR count). The average molecular weight is 630 g/mol. The van der Waals surface area contributed by atoms with E-state index in [1.54, 1.807) is 13.0 Å². The molecule has 1 aromatic carbocycles. The number of fused-ring (bicyclic) bond motifs is 1. The van der Waals surface area contributed by atoms with E-state index in [9.17, 15) is 19.6 Å². The van der Waals surface area contributed by atoms with Crippen molar-refractivity contribution in [2.24, 2.45) is 38.4 Å². The molecule has 4 atom stereocenters. The maximum atomic E-state index is 14.0. The van der Waals surface area contributed by atoms with Crippen LogP contribution in [0.3, 0.4) is 0 Å². The van der Waals surface area contributed by atoms with E-state index in [0.717, 1.165) is 56.1 Å². The molecule has 252 valence electrons. The van der Waals surface area contributed by atoms with Crippen LogP contribution in [0.1, 0.15) is 133 Å². The first-order valence-corrected chi connectivity index (χ1v) is 17.3. The van der Waals surface area contributed by atoms with E-state index in [1.165, 1.54) is 0 Å². The van der Waals surface area contributed by atoms with E-state index < -0.39 is 21.7 Å². The molecule has 0 bridgehead atoms. The molecule has 0 unspecified atom stereocenters. The topological polar surface area (TPSA) is 84.2 Å². The highest BCUT2D eigenvalue weighted by Gasteiger charge is 2.61. The number of ether oxygens (including phenoxy) is 1. The molecular weight excluding hydrogens is 570 g/mol. The van der Waals surface area contributed by atoms with Crippen molar-refractivity contribution < 1.29 is 19.1 Å². The van der Waals surface area contributed by atoms with Crippen LogP contribution in [0.4, 0.5) is 0 Å². The molecule has 0 heterocycles. The molecule has 1 aromatic rings. The molecule has 2 aliphatic carbocycles. The molecule has 1 fully saturated rings. The van der Waals surface area contributed by atoms with Gasteiger partial charge in [0, 0.05) is 10.8 Å². The summed E-state index contributed by atoms with van der Waals surface area (Å²) in [6.45, 7) is 23.5. The summed E-state index contributed by atoms with van der Waals surface area (Å²) in [6.07, 6.45) is 10.5. The molecule has 0 aromatic heterocycles. The lowest BCUT2D eigenvalue weighted by atomic mass is 9.42. The van der Waals surface area contributed by atoms with Gasteiger partial charge in [0.05, 0.1) is 11.0 Å². The Bertz CT molecular complexity index is 1410. The minimum absolute atomic E-state index is 0.0295. The fraction of sp³-hybridized carbons (Fsp3) is 0.659. The van der Waals surface area contributed by atoms with Crippen LogP contribution in [0.5, 0.6) is 0 Å². The van der Waals surface area contributed by atoms with E-state index in [1.807, 2.05) is 50.3 Å². The zero-order valence-corrected chi connectivity index (χ0v) is 30.6. The summed E-state index contributed by atoms with van der Waals surface area (Å²) in [5.41, 5.74) is -0.461. The van der Waals surface area contributed by atoms with Gasteiger partial charge in [-0.3, -0.25) is 14.4 Å². The summed E-state index contributed by atoms with van der Waals surface area (Å²) in [4.78, 5) is 40.2. The van der Waals surface area contributed by atoms with E-state index in [4.69, 9.17) is 4.74 Å². The normalized spacial score (nSPS) is 26.8. The Balaban J connectivity index is 2.00. The third-order valence-corrected chi connectivity index (χ3v) is 12.2. The number of esters is 1. The smallest absolute Gasteiger partial charge is 0.312 e. The van der Waals surface area contributed by atoms with Crippen LogP contribution in [0.2, 0.25) is 0 Å². The Morgan fingerprint density at radius 2 is 1.59 bits per heavy atom. The van der Waals surface area contributed by atoms with Gasteiger partial charge in [-0.05, 0) is 92.6 Å². The van der Waals surface area contributed by atoms with Crippen molar-refractivity contribution in [1.82, 2.24) is 0 Å². The summed E-state index contributed by atoms with van der Waals surface area (Å²) < 4.78 is 6.01. The lowest BCUT2D eigenvalue weighted by Gasteiger charge is -2.61. The van der Waals surface area contributed by atoms with Crippen LogP contribution >= 0.6 is 0 Å². The highest BCUT2D eigenvalue weighted by Crippen LogP contribution is 2.67. The van der Waals surface area contributed by atoms with Crippen molar-refractivity contribution in [3.05, 3.63) is 59.2 Å². The molecule has 5 nitrogen and oxygen atoms in total. The Hall–Kier alpha value is -3.00. The van der Waals surface area contributed by atoms with Crippen LogP contribution in [0.15, 0.2) is 53.6 Å². The van der Waals surface area contributed by atoms with Gasteiger partial charge in [0.1, 0.15) is 12.7 Å². The Labute approximate surface area is 279 Å². The number of hydrogen-bond donors (Lipinski definition) is 0. The summed E-state index contributed by atoms with van der Waals surface area (Å²) in [7, 11) is 0. The quantitative estimate of drug-likeness (QED) is 0.160. The predicted octanol–water partition coefficient (Wildman–Crippen LogP) is 10.1. The van der Waals surface area contributed by atoms with Crippen LogP contribution in [-0.4, -0.2) is 17.5 Å². The maximum absolute atomic E-state index is 14.0. The van der Waals surface area contributed by atoms with Gasteiger partial charge in [-0.15, -0.1) is 0 Å². The van der Waals surface area contributed by atoms with Crippen LogP contribution in [-0.2, 0) is 25.7 Å². The maximum Gasteiger partial charge on any atom is 0.312 e. The van der Waals surface area contributed by atoms with Crippen molar-refractivity contribution in [2.45, 2.75) is 134 Å². The molecular formula is C41H59NO4. The summed E-state index contributed by atoms with van der Waals surface area (Å²) >= 11 is 0. The van der Waals surface area contributed by atoms with Gasteiger partial charge in [0.2, 0.25) is 0 Å². The predicted molar refractivity (Wildman–Crippen MR) is 185 cm³/mol. The van der Waals surface area contributed by atoms with Crippen LogP contribution in [0, 0.1) is 49.7 Å². The molecule has 2 aliphatic rings. The molecule has 0 radical (unpaired) electrons. The summed E-state index contributed by atoms with van der Waals surface area (Å²) in [5.74, 6) is -0.335. The zero-order chi connectivity index (χ0) is 34.8. The van der Waals surface area contributed by atoms with E-state index in [2.05, 4.69) is 61.5 Å². The molecule has 0 amide bonds. The number of hydrogen-bond acceptors (Lipinski definition) is 5. The van der Waals surface area contributed by atoms with Gasteiger partial charge in [-0.1, -0.05) is 111 Å². The van der Waals surface area contributed by atoms with Gasteiger partial charge in [0.15, 0.2) is 11.6 Å². The van der Waals surface area contributed by atoms with E-state index >= 15 is 0 Å². The molecule has 0 saturated heterocycles. The number of carbonyl (C=O) groups excluding carboxylic acids is 3. The van der Waals surface area contributed by atoms with E-state index in [-0.39, 0.29) is 46.5 Å². The molecule has 0 spiro atoms. The first kappa shape index (κ1) is 37.5. The van der Waals surface area contributed by atoms with Gasteiger partial charge in [-0.2, -0.15) is 5.26 Å². The van der Waals surface area contributed by atoms with Gasteiger partial charge < -0.3 is 4.74 Å². The Morgan fingerprint density at radius 3 is 2.15 bits per heavy atom. The summed E-state index contributed by atoms with van der Waals surface area (Å²) in [5, 5.41) is 9.97. The number of rotatable bonds is 13. The van der Waals surface area contributed by atoms with Gasteiger partial charge in [-0.25, -0.2) is 0 Å². The number of nitriles is 1. The van der Waals surface area contributed by atoms with Crippen molar-refractivity contribution >= 4 is 17.5 Å². The molecule has 46 heavy (non-hydrogen) atoms. The van der Waals surface area contributed by atoms with Gasteiger partial charge in [0.25, 0.3) is 0 Å². The molecule has 0 N–H and O–H groups in total. The minimum atomic E-state index is -0.720. The molecule has 5 heteroatoms. The molecule has 0 aliphatic heterocycles. The molecule has 1 saturated carbocycles. The first-order valence-electron chi connectivity index (χ1n) is 17.3. The highest BCUT2D eigenvalue weighted by molar-refractivity contribution is 6.04.